The highest BCUT2D eigenvalue weighted by atomic mass is 32.2. The normalized spacial score (nSPS) is 11.1. The molecule has 1 heterocycles. The molecule has 34 heavy (non-hydrogen) atoms. The van der Waals surface area contributed by atoms with Gasteiger partial charge in [0.15, 0.2) is 0 Å². The summed E-state index contributed by atoms with van der Waals surface area (Å²) in [7, 11) is -2.64. The molecular formula is C24H23N5O4S. The maximum atomic E-state index is 13.2. The molecule has 4 aromatic rings. The number of rotatable bonds is 7. The number of sulfonamides is 1. The van der Waals surface area contributed by atoms with Crippen LogP contribution in [-0.4, -0.2) is 36.2 Å². The summed E-state index contributed by atoms with van der Waals surface area (Å²) in [6.07, 6.45) is 1.43. The van der Waals surface area contributed by atoms with Gasteiger partial charge in [0.25, 0.3) is 15.9 Å². The number of aryl methyl sites for hydroxylation is 2. The van der Waals surface area contributed by atoms with E-state index in [9.17, 15) is 13.2 Å². The van der Waals surface area contributed by atoms with Crippen LogP contribution in [0.15, 0.2) is 78.0 Å². The molecule has 0 aliphatic carbocycles. The monoisotopic (exact) mass is 477 g/mol. The van der Waals surface area contributed by atoms with Crippen molar-refractivity contribution in [2.75, 3.05) is 17.1 Å². The molecule has 3 aromatic carbocycles. The fraction of sp³-hybridized carbons (Fsp3) is 0.125. The minimum Gasteiger partial charge on any atom is -0.495 e. The summed E-state index contributed by atoms with van der Waals surface area (Å²) < 4.78 is 35.8. The van der Waals surface area contributed by atoms with E-state index >= 15 is 0 Å². The van der Waals surface area contributed by atoms with Gasteiger partial charge in [-0.2, -0.15) is 0 Å². The van der Waals surface area contributed by atoms with Crippen molar-refractivity contribution < 1.29 is 17.9 Å². The van der Waals surface area contributed by atoms with E-state index in [4.69, 9.17) is 4.74 Å². The lowest BCUT2D eigenvalue weighted by molar-refractivity contribution is 0.101. The van der Waals surface area contributed by atoms with Crippen LogP contribution in [0, 0.1) is 13.8 Å². The number of hydrogen-bond donors (Lipinski definition) is 2. The van der Waals surface area contributed by atoms with Gasteiger partial charge in [-0.05, 0) is 55.3 Å². The lowest BCUT2D eigenvalue weighted by Gasteiger charge is -2.16. The number of nitrogens with zero attached hydrogens (tertiary/aromatic N) is 3. The Morgan fingerprint density at radius 1 is 0.971 bits per heavy atom. The number of amides is 1. The number of anilines is 2. The maximum absolute atomic E-state index is 13.2. The molecule has 9 nitrogen and oxygen atoms in total. The third kappa shape index (κ3) is 4.76. The fourth-order valence-corrected chi connectivity index (χ4v) is 4.79. The molecule has 174 valence electrons. The van der Waals surface area contributed by atoms with E-state index in [1.165, 1.54) is 30.3 Å². The van der Waals surface area contributed by atoms with Crippen molar-refractivity contribution in [3.05, 3.63) is 90.0 Å². The van der Waals surface area contributed by atoms with Gasteiger partial charge in [0.05, 0.1) is 18.5 Å². The van der Waals surface area contributed by atoms with E-state index < -0.39 is 15.9 Å². The molecule has 1 aromatic heterocycles. The number of para-hydroxylation sites is 2. The second-order valence-electron chi connectivity index (χ2n) is 7.54. The van der Waals surface area contributed by atoms with Gasteiger partial charge in [-0.3, -0.25) is 9.52 Å². The van der Waals surface area contributed by atoms with Crippen LogP contribution in [-0.2, 0) is 10.0 Å². The van der Waals surface area contributed by atoms with Crippen LogP contribution in [0.25, 0.3) is 5.69 Å². The zero-order valence-corrected chi connectivity index (χ0v) is 19.6. The molecule has 10 heteroatoms. The first-order chi connectivity index (χ1) is 16.3. The molecule has 0 bridgehead atoms. The molecule has 0 saturated heterocycles. The predicted octanol–water partition coefficient (Wildman–Crippen LogP) is 3.95. The summed E-state index contributed by atoms with van der Waals surface area (Å²) in [6.45, 7) is 3.64. The number of benzene rings is 3. The average molecular weight is 478 g/mol. The van der Waals surface area contributed by atoms with Crippen LogP contribution >= 0.6 is 0 Å². The highest BCUT2D eigenvalue weighted by Gasteiger charge is 2.23. The minimum absolute atomic E-state index is 0.0576. The largest absolute Gasteiger partial charge is 0.495 e. The first-order valence-electron chi connectivity index (χ1n) is 10.3. The van der Waals surface area contributed by atoms with Crippen molar-refractivity contribution in [3.63, 3.8) is 0 Å². The zero-order valence-electron chi connectivity index (χ0n) is 18.8. The van der Waals surface area contributed by atoms with E-state index in [0.29, 0.717) is 5.69 Å². The van der Waals surface area contributed by atoms with Crippen LogP contribution in [0.2, 0.25) is 0 Å². The van der Waals surface area contributed by atoms with Crippen molar-refractivity contribution in [1.82, 2.24) is 14.8 Å². The Hall–Kier alpha value is -4.18. The molecule has 2 N–H and O–H groups in total. The van der Waals surface area contributed by atoms with Crippen molar-refractivity contribution in [2.24, 2.45) is 0 Å². The van der Waals surface area contributed by atoms with Crippen molar-refractivity contribution in [1.29, 1.82) is 0 Å². The summed E-state index contributed by atoms with van der Waals surface area (Å²) in [5, 5.41) is 6.84. The summed E-state index contributed by atoms with van der Waals surface area (Å²) in [4.78, 5) is 16.6. The van der Waals surface area contributed by atoms with Gasteiger partial charge < -0.3 is 10.1 Å². The van der Waals surface area contributed by atoms with Crippen molar-refractivity contribution in [3.8, 4) is 11.4 Å². The average Bonchev–Trinajstić information content (AvgIpc) is 3.33. The summed E-state index contributed by atoms with van der Waals surface area (Å²) in [6, 6.07) is 19.1. The summed E-state index contributed by atoms with van der Waals surface area (Å²) in [5.74, 6) is -0.494. The van der Waals surface area contributed by atoms with E-state index in [2.05, 4.69) is 20.1 Å². The van der Waals surface area contributed by atoms with Gasteiger partial charge in [0.1, 0.15) is 17.0 Å². The van der Waals surface area contributed by atoms with E-state index in [-0.39, 0.29) is 22.2 Å². The second-order valence-corrected chi connectivity index (χ2v) is 9.19. The minimum atomic E-state index is -4.02. The fourth-order valence-electron chi connectivity index (χ4n) is 3.39. The number of methoxy groups -OCH3 is 1. The SMILES string of the molecule is COc1ccc(NC(=O)c2ncn(-c3ccccc3)n2)cc1S(=O)(=O)Nc1c(C)cccc1C. The van der Waals surface area contributed by atoms with Gasteiger partial charge >= 0.3 is 0 Å². The van der Waals surface area contributed by atoms with E-state index in [1.54, 1.807) is 6.07 Å². The molecule has 4 rings (SSSR count). The lowest BCUT2D eigenvalue weighted by atomic mass is 10.1. The van der Waals surface area contributed by atoms with Crippen molar-refractivity contribution in [2.45, 2.75) is 18.7 Å². The smallest absolute Gasteiger partial charge is 0.295 e. The summed E-state index contributed by atoms with van der Waals surface area (Å²) in [5.41, 5.74) is 3.07. The van der Waals surface area contributed by atoms with Crippen LogP contribution in [0.3, 0.4) is 0 Å². The third-order valence-electron chi connectivity index (χ3n) is 5.14. The van der Waals surface area contributed by atoms with Crippen LogP contribution < -0.4 is 14.8 Å². The van der Waals surface area contributed by atoms with Gasteiger partial charge in [-0.1, -0.05) is 36.4 Å². The molecular weight excluding hydrogens is 454 g/mol. The van der Waals surface area contributed by atoms with Crippen molar-refractivity contribution >= 4 is 27.3 Å². The quantitative estimate of drug-likeness (QED) is 0.417. The molecule has 0 atom stereocenters. The number of aromatic nitrogens is 3. The van der Waals surface area contributed by atoms with Gasteiger partial charge in [-0.25, -0.2) is 18.1 Å². The molecule has 0 unspecified atom stereocenters. The number of hydrogen-bond acceptors (Lipinski definition) is 6. The topological polar surface area (TPSA) is 115 Å². The number of nitrogens with one attached hydrogen (secondary N) is 2. The highest BCUT2D eigenvalue weighted by molar-refractivity contribution is 7.92. The standard InChI is InChI=1S/C24H23N5O4S/c1-16-8-7-9-17(2)22(16)28-34(31,32)21-14-18(12-13-20(21)33-3)26-24(30)23-25-15-29(27-23)19-10-5-4-6-11-19/h4-15,28H,1-3H3,(H,26,30). The lowest BCUT2D eigenvalue weighted by Crippen LogP contribution is -2.17. The number of carbonyl (C=O) groups is 1. The first-order valence-corrected chi connectivity index (χ1v) is 11.8. The Kier molecular flexibility index (Phi) is 6.33. The Balaban J connectivity index is 1.60. The zero-order chi connectivity index (χ0) is 24.3. The summed E-state index contributed by atoms with van der Waals surface area (Å²) >= 11 is 0. The number of carbonyl (C=O) groups excluding carboxylic acids is 1. The van der Waals surface area contributed by atoms with Crippen LogP contribution in [0.4, 0.5) is 11.4 Å². The molecule has 0 aliphatic heterocycles. The van der Waals surface area contributed by atoms with E-state index in [0.717, 1.165) is 16.8 Å². The molecule has 1 amide bonds. The Morgan fingerprint density at radius 2 is 1.68 bits per heavy atom. The Morgan fingerprint density at radius 3 is 2.35 bits per heavy atom. The Labute approximate surface area is 197 Å². The van der Waals surface area contributed by atoms with Crippen LogP contribution in [0.5, 0.6) is 5.75 Å². The van der Waals surface area contributed by atoms with E-state index in [1.807, 2.05) is 62.4 Å². The molecule has 0 aliphatic rings. The second kappa shape index (κ2) is 9.36. The van der Waals surface area contributed by atoms with Gasteiger partial charge in [-0.15, -0.1) is 5.10 Å². The van der Waals surface area contributed by atoms with Gasteiger partial charge in [0, 0.05) is 5.69 Å². The number of ether oxygens (including phenoxy) is 1. The Bertz CT molecular complexity index is 1430. The first kappa shape index (κ1) is 23.0. The molecule has 0 spiro atoms. The maximum Gasteiger partial charge on any atom is 0.295 e. The molecule has 0 saturated carbocycles. The third-order valence-corrected chi connectivity index (χ3v) is 6.52. The predicted molar refractivity (Wildman–Crippen MR) is 129 cm³/mol. The van der Waals surface area contributed by atoms with Gasteiger partial charge in [0.2, 0.25) is 5.82 Å². The molecule has 0 radical (unpaired) electrons. The molecule has 0 fully saturated rings. The highest BCUT2D eigenvalue weighted by Crippen LogP contribution is 2.30. The van der Waals surface area contributed by atoms with Crippen LogP contribution in [0.1, 0.15) is 21.7 Å².